The lowest BCUT2D eigenvalue weighted by Crippen LogP contribution is -2.28. The molecule has 1 heterocycles. The van der Waals surface area contributed by atoms with E-state index in [1.165, 1.54) is 5.56 Å². The molecule has 0 bridgehead atoms. The third kappa shape index (κ3) is 3.98. The predicted octanol–water partition coefficient (Wildman–Crippen LogP) is 4.78. The van der Waals surface area contributed by atoms with Crippen LogP contribution < -0.4 is 4.90 Å². The highest BCUT2D eigenvalue weighted by Gasteiger charge is 2.24. The van der Waals surface area contributed by atoms with Gasteiger partial charge in [-0.3, -0.25) is 4.90 Å². The number of anilines is 1. The van der Waals surface area contributed by atoms with E-state index >= 15 is 0 Å². The van der Waals surface area contributed by atoms with E-state index in [0.717, 1.165) is 22.5 Å². The first-order valence-corrected chi connectivity index (χ1v) is 10.6. The molecule has 0 aromatic heterocycles. The van der Waals surface area contributed by atoms with Crippen LogP contribution >= 0.6 is 30.2 Å². The minimum absolute atomic E-state index is 0.437. The second-order valence-corrected chi connectivity index (χ2v) is 9.60. The van der Waals surface area contributed by atoms with Gasteiger partial charge in [-0.25, -0.2) is 4.99 Å². The van der Waals surface area contributed by atoms with Gasteiger partial charge < -0.3 is 4.90 Å². The zero-order chi connectivity index (χ0) is 16.2. The molecule has 2 aromatic rings. The molecule has 1 unspecified atom stereocenters. The van der Waals surface area contributed by atoms with E-state index in [2.05, 4.69) is 41.3 Å². The lowest BCUT2D eigenvalue weighted by atomic mass is 10.2. The first-order valence-electron chi connectivity index (χ1n) is 7.23. The third-order valence-electron chi connectivity index (χ3n) is 3.35. The van der Waals surface area contributed by atoms with Crippen molar-refractivity contribution in [1.29, 1.82) is 0 Å². The fraction of sp³-hybridized carbons (Fsp3) is 0.176. The summed E-state index contributed by atoms with van der Waals surface area (Å²) in [6.07, 6.45) is 0. The van der Waals surface area contributed by atoms with Gasteiger partial charge in [-0.1, -0.05) is 48.5 Å². The Morgan fingerprint density at radius 1 is 1.00 bits per heavy atom. The van der Waals surface area contributed by atoms with Gasteiger partial charge in [0.05, 0.1) is 6.54 Å². The van der Waals surface area contributed by atoms with E-state index in [1.54, 1.807) is 10.8 Å². The van der Waals surface area contributed by atoms with Crippen molar-refractivity contribution in [3.63, 3.8) is 0 Å². The number of rotatable bonds is 3. The number of amidine groups is 1. The lowest BCUT2D eigenvalue weighted by molar-refractivity contribution is 0.628. The number of aliphatic imine (C=N–C) groups is 1. The molecule has 0 saturated carbocycles. The van der Waals surface area contributed by atoms with Crippen molar-refractivity contribution >= 4 is 46.2 Å². The second-order valence-electron chi connectivity index (χ2n) is 5.29. The van der Waals surface area contributed by atoms with Gasteiger partial charge in [-0.2, -0.15) is 0 Å². The smallest absolute Gasteiger partial charge is 0.182 e. The van der Waals surface area contributed by atoms with Crippen LogP contribution in [0.15, 0.2) is 65.7 Å². The van der Waals surface area contributed by atoms with Crippen molar-refractivity contribution in [2.75, 3.05) is 19.0 Å². The SMILES string of the molecule is CN(C)C1=S(Cl)SC(N(Cc2ccccc2)c2ccccc2)=N1. The maximum absolute atomic E-state index is 6.47. The number of hydrogen-bond donors (Lipinski definition) is 0. The van der Waals surface area contributed by atoms with E-state index in [0.29, 0.717) is 0 Å². The van der Waals surface area contributed by atoms with Crippen LogP contribution in [0.5, 0.6) is 0 Å². The molecule has 6 heteroatoms. The topological polar surface area (TPSA) is 18.8 Å². The number of para-hydroxylation sites is 1. The molecule has 0 spiro atoms. The van der Waals surface area contributed by atoms with Crippen LogP contribution in [-0.4, -0.2) is 29.3 Å². The third-order valence-corrected chi connectivity index (χ3v) is 7.01. The molecule has 0 radical (unpaired) electrons. The van der Waals surface area contributed by atoms with Crippen LogP contribution in [0.3, 0.4) is 0 Å². The average molecular weight is 364 g/mol. The fourth-order valence-electron chi connectivity index (χ4n) is 2.23. The summed E-state index contributed by atoms with van der Waals surface area (Å²) >= 11 is 0. The van der Waals surface area contributed by atoms with E-state index in [-0.39, 0.29) is 0 Å². The summed E-state index contributed by atoms with van der Waals surface area (Å²) < 4.78 is 0. The normalized spacial score (nSPS) is 17.5. The number of benzene rings is 2. The van der Waals surface area contributed by atoms with Gasteiger partial charge in [0.15, 0.2) is 10.3 Å². The molecule has 0 N–H and O–H groups in total. The van der Waals surface area contributed by atoms with Crippen molar-refractivity contribution in [3.8, 4) is 0 Å². The summed E-state index contributed by atoms with van der Waals surface area (Å²) in [5, 5.41) is 1.86. The van der Waals surface area contributed by atoms with Gasteiger partial charge in [0.25, 0.3) is 0 Å². The highest BCUT2D eigenvalue weighted by Crippen LogP contribution is 2.45. The Hall–Kier alpha value is -1.27. The zero-order valence-corrected chi connectivity index (χ0v) is 15.4. The Morgan fingerprint density at radius 3 is 2.17 bits per heavy atom. The number of hydrogen-bond acceptors (Lipinski definition) is 4. The van der Waals surface area contributed by atoms with Crippen LogP contribution in [0.1, 0.15) is 5.56 Å². The fourth-order valence-corrected chi connectivity index (χ4v) is 5.91. The molecule has 0 fully saturated rings. The molecule has 0 amide bonds. The molecule has 120 valence electrons. The average Bonchev–Trinajstić information content (AvgIpc) is 2.96. The highest BCUT2D eigenvalue weighted by atomic mass is 35.7. The molecular formula is C17H18ClN3S2. The summed E-state index contributed by atoms with van der Waals surface area (Å²) in [6.45, 7) is 0.769. The highest BCUT2D eigenvalue weighted by molar-refractivity contribution is 8.97. The van der Waals surface area contributed by atoms with Crippen LogP contribution in [0, 0.1) is 0 Å². The summed E-state index contributed by atoms with van der Waals surface area (Å²) in [7, 11) is 11.6. The van der Waals surface area contributed by atoms with Crippen molar-refractivity contribution in [3.05, 3.63) is 66.2 Å². The molecule has 3 nitrogen and oxygen atoms in total. The van der Waals surface area contributed by atoms with Gasteiger partial charge >= 0.3 is 0 Å². The Morgan fingerprint density at radius 2 is 1.61 bits per heavy atom. The molecular weight excluding hydrogens is 346 g/mol. The maximum atomic E-state index is 6.47. The van der Waals surface area contributed by atoms with Crippen LogP contribution in [-0.2, 0) is 6.54 Å². The lowest BCUT2D eigenvalue weighted by Gasteiger charge is -2.24. The molecule has 0 aliphatic carbocycles. The minimum Gasteiger partial charge on any atom is -0.316 e. The summed E-state index contributed by atoms with van der Waals surface area (Å²) in [4.78, 5) is 8.98. The minimum atomic E-state index is -0.437. The molecule has 1 aliphatic rings. The Balaban J connectivity index is 1.93. The van der Waals surface area contributed by atoms with Crippen molar-refractivity contribution in [1.82, 2.24) is 4.90 Å². The van der Waals surface area contributed by atoms with E-state index < -0.39 is 8.73 Å². The second kappa shape index (κ2) is 7.53. The van der Waals surface area contributed by atoms with Gasteiger partial charge in [0.1, 0.15) is 0 Å². The van der Waals surface area contributed by atoms with E-state index in [9.17, 15) is 0 Å². The van der Waals surface area contributed by atoms with Crippen LogP contribution in [0.2, 0.25) is 0 Å². The van der Waals surface area contributed by atoms with Crippen molar-refractivity contribution in [2.24, 2.45) is 4.99 Å². The Kier molecular flexibility index (Phi) is 5.43. The largest absolute Gasteiger partial charge is 0.316 e. The van der Waals surface area contributed by atoms with Crippen molar-refractivity contribution < 1.29 is 0 Å². The van der Waals surface area contributed by atoms with Crippen molar-refractivity contribution in [2.45, 2.75) is 6.54 Å². The predicted molar refractivity (Wildman–Crippen MR) is 106 cm³/mol. The number of halogens is 1. The summed E-state index contributed by atoms with van der Waals surface area (Å²) in [5.74, 6) is 0. The van der Waals surface area contributed by atoms with E-state index in [4.69, 9.17) is 15.7 Å². The van der Waals surface area contributed by atoms with Crippen LogP contribution in [0.4, 0.5) is 5.69 Å². The van der Waals surface area contributed by atoms with Crippen LogP contribution in [0.25, 0.3) is 0 Å². The first-order chi connectivity index (χ1) is 11.1. The molecule has 3 rings (SSSR count). The molecule has 2 aromatic carbocycles. The first kappa shape index (κ1) is 16.6. The molecule has 1 atom stereocenters. The molecule has 1 aliphatic heterocycles. The summed E-state index contributed by atoms with van der Waals surface area (Å²) in [5.41, 5.74) is 2.36. The Bertz CT molecular complexity index is 730. The Labute approximate surface area is 147 Å². The number of nitrogens with zero attached hydrogens (tertiary/aromatic N) is 3. The van der Waals surface area contributed by atoms with Gasteiger partial charge in [-0.15, -0.1) is 0 Å². The van der Waals surface area contributed by atoms with E-state index in [1.807, 2.05) is 43.3 Å². The zero-order valence-electron chi connectivity index (χ0n) is 13.0. The quantitative estimate of drug-likeness (QED) is 0.577. The summed E-state index contributed by atoms with van der Waals surface area (Å²) in [6, 6.07) is 20.7. The van der Waals surface area contributed by atoms with Gasteiger partial charge in [0.2, 0.25) is 0 Å². The standard InChI is InChI=1S/C17H18ClN3S2/c1-20(2)17-19-16(22-23(17)18)21(15-11-7-4-8-12-15)13-14-9-5-3-6-10-14/h3-12H,13H2,1-2H3. The molecule has 0 saturated heterocycles. The van der Waals surface area contributed by atoms with Gasteiger partial charge in [-0.05, 0) is 53.3 Å². The molecule has 23 heavy (non-hydrogen) atoms. The maximum Gasteiger partial charge on any atom is 0.182 e. The van der Waals surface area contributed by atoms with Gasteiger partial charge in [0, 0.05) is 14.4 Å². The monoisotopic (exact) mass is 363 g/mol.